The first kappa shape index (κ1) is 20.1. The molecule has 0 radical (unpaired) electrons. The number of carbonyl (C=O) groups is 1. The summed E-state index contributed by atoms with van der Waals surface area (Å²) in [4.78, 5) is 18.0. The molecule has 5 rings (SSSR count). The molecule has 158 valence electrons. The smallest absolute Gasteiger partial charge is 0.250 e. The largest absolute Gasteiger partial charge is 0.293 e. The summed E-state index contributed by atoms with van der Waals surface area (Å²) in [6.07, 6.45) is 0.270. The highest BCUT2D eigenvalue weighted by Gasteiger charge is 2.20. The molecule has 7 heteroatoms. The summed E-state index contributed by atoms with van der Waals surface area (Å²) in [5.41, 5.74) is 3.77. The van der Waals surface area contributed by atoms with Crippen molar-refractivity contribution in [1.82, 2.24) is 14.6 Å². The molecule has 0 atom stereocenters. The van der Waals surface area contributed by atoms with Gasteiger partial charge in [0.25, 0.3) is 0 Å². The van der Waals surface area contributed by atoms with Gasteiger partial charge in [0.1, 0.15) is 5.82 Å². The molecule has 0 saturated heterocycles. The van der Waals surface area contributed by atoms with E-state index in [9.17, 15) is 9.18 Å². The van der Waals surface area contributed by atoms with Gasteiger partial charge in [0, 0.05) is 23.3 Å². The van der Waals surface area contributed by atoms with Crippen molar-refractivity contribution < 1.29 is 9.18 Å². The second kappa shape index (κ2) is 8.72. The van der Waals surface area contributed by atoms with Crippen molar-refractivity contribution in [3.05, 3.63) is 107 Å². The lowest BCUT2D eigenvalue weighted by Crippen LogP contribution is -2.17. The van der Waals surface area contributed by atoms with E-state index in [-0.39, 0.29) is 30.0 Å². The van der Waals surface area contributed by atoms with E-state index in [0.29, 0.717) is 4.96 Å². The monoisotopic (exact) mass is 442 g/mol. The minimum Gasteiger partial charge on any atom is -0.293 e. The molecule has 0 fully saturated rings. The van der Waals surface area contributed by atoms with Gasteiger partial charge in [-0.1, -0.05) is 60.7 Å². The highest BCUT2D eigenvalue weighted by atomic mass is 32.1. The van der Waals surface area contributed by atoms with Crippen LogP contribution < -0.4 is 5.32 Å². The van der Waals surface area contributed by atoms with E-state index in [1.807, 2.05) is 66.0 Å². The van der Waals surface area contributed by atoms with Crippen LogP contribution in [0.2, 0.25) is 0 Å². The Bertz CT molecular complexity index is 1310. The number of hydrogen-bond donors (Lipinski definition) is 1. The standard InChI is InChI=1S/C25H19FN4OS/c26-20-13-11-19(12-14-20)22-16-32-25-28-24(29-30(22)25)27-23(31)15-21(17-7-3-1-4-8-17)18-9-5-2-6-10-18/h1-14,16,21H,15H2,(H,27,29,31). The fourth-order valence-electron chi connectivity index (χ4n) is 3.71. The molecule has 0 aliphatic carbocycles. The number of carbonyl (C=O) groups excluding carboxylic acids is 1. The predicted octanol–water partition coefficient (Wildman–Crippen LogP) is 5.76. The number of nitrogens with one attached hydrogen (secondary N) is 1. The van der Waals surface area contributed by atoms with Crippen molar-refractivity contribution in [3.63, 3.8) is 0 Å². The minimum atomic E-state index is -0.293. The molecule has 0 spiro atoms. The maximum absolute atomic E-state index is 13.3. The molecule has 5 nitrogen and oxygen atoms in total. The molecule has 1 N–H and O–H groups in total. The first-order chi connectivity index (χ1) is 15.7. The Morgan fingerprint density at radius 3 is 2.19 bits per heavy atom. The lowest BCUT2D eigenvalue weighted by atomic mass is 9.88. The Balaban J connectivity index is 1.37. The van der Waals surface area contributed by atoms with E-state index in [4.69, 9.17) is 0 Å². The quantitative estimate of drug-likeness (QED) is 0.364. The summed E-state index contributed by atoms with van der Waals surface area (Å²) >= 11 is 1.41. The van der Waals surface area contributed by atoms with Gasteiger partial charge in [0.2, 0.25) is 16.8 Å². The fourth-order valence-corrected chi connectivity index (χ4v) is 4.54. The minimum absolute atomic E-state index is 0.0732. The highest BCUT2D eigenvalue weighted by molar-refractivity contribution is 7.15. The summed E-state index contributed by atoms with van der Waals surface area (Å²) in [6.45, 7) is 0. The molecule has 2 aromatic heterocycles. The first-order valence-electron chi connectivity index (χ1n) is 10.2. The van der Waals surface area contributed by atoms with Gasteiger partial charge in [0.05, 0.1) is 5.69 Å². The molecule has 2 heterocycles. The maximum atomic E-state index is 13.3. The van der Waals surface area contributed by atoms with Crippen LogP contribution in [0.25, 0.3) is 16.2 Å². The average Bonchev–Trinajstić information content (AvgIpc) is 3.39. The van der Waals surface area contributed by atoms with E-state index in [0.717, 1.165) is 22.4 Å². The summed E-state index contributed by atoms with van der Waals surface area (Å²) in [5, 5.41) is 9.21. The third-order valence-electron chi connectivity index (χ3n) is 5.27. The molecule has 0 saturated carbocycles. The SMILES string of the molecule is O=C(CC(c1ccccc1)c1ccccc1)Nc1nc2scc(-c3ccc(F)cc3)n2n1. The topological polar surface area (TPSA) is 59.3 Å². The molecule has 0 unspecified atom stereocenters. The van der Waals surface area contributed by atoms with Gasteiger partial charge in [0.15, 0.2) is 0 Å². The normalized spacial score (nSPS) is 11.2. The fraction of sp³-hybridized carbons (Fsp3) is 0.0800. The molecule has 0 aliphatic heterocycles. The van der Waals surface area contributed by atoms with Crippen molar-refractivity contribution in [2.45, 2.75) is 12.3 Å². The van der Waals surface area contributed by atoms with Crippen LogP contribution >= 0.6 is 11.3 Å². The number of thiazole rings is 1. The third-order valence-corrected chi connectivity index (χ3v) is 6.08. The second-order valence-electron chi connectivity index (χ2n) is 7.38. The van der Waals surface area contributed by atoms with Crippen LogP contribution in [0.4, 0.5) is 10.3 Å². The maximum Gasteiger partial charge on any atom is 0.250 e. The van der Waals surface area contributed by atoms with E-state index in [1.54, 1.807) is 16.6 Å². The average molecular weight is 443 g/mol. The van der Waals surface area contributed by atoms with Crippen LogP contribution in [0.3, 0.4) is 0 Å². The highest BCUT2D eigenvalue weighted by Crippen LogP contribution is 2.29. The number of rotatable bonds is 6. The summed E-state index contributed by atoms with van der Waals surface area (Å²) in [6, 6.07) is 26.2. The van der Waals surface area contributed by atoms with E-state index >= 15 is 0 Å². The number of aromatic nitrogens is 3. The molecule has 0 aliphatic rings. The van der Waals surface area contributed by atoms with Gasteiger partial charge in [-0.05, 0) is 35.4 Å². The zero-order valence-electron chi connectivity index (χ0n) is 17.0. The molecule has 1 amide bonds. The lowest BCUT2D eigenvalue weighted by molar-refractivity contribution is -0.116. The van der Waals surface area contributed by atoms with Gasteiger partial charge in [-0.2, -0.15) is 4.98 Å². The molecule has 3 aromatic carbocycles. The van der Waals surface area contributed by atoms with Crippen molar-refractivity contribution in [3.8, 4) is 11.3 Å². The molecule has 32 heavy (non-hydrogen) atoms. The van der Waals surface area contributed by atoms with E-state index < -0.39 is 0 Å². The van der Waals surface area contributed by atoms with Crippen LogP contribution in [0, 0.1) is 5.82 Å². The number of benzene rings is 3. The van der Waals surface area contributed by atoms with Crippen molar-refractivity contribution in [1.29, 1.82) is 0 Å². The molecular weight excluding hydrogens is 423 g/mol. The van der Waals surface area contributed by atoms with Crippen LogP contribution in [0.1, 0.15) is 23.5 Å². The van der Waals surface area contributed by atoms with Gasteiger partial charge in [-0.25, -0.2) is 8.91 Å². The van der Waals surface area contributed by atoms with Gasteiger partial charge < -0.3 is 0 Å². The summed E-state index contributed by atoms with van der Waals surface area (Å²) in [5.74, 6) is -0.275. The van der Waals surface area contributed by atoms with Crippen molar-refractivity contribution in [2.75, 3.05) is 5.32 Å². The zero-order valence-corrected chi connectivity index (χ0v) is 17.8. The first-order valence-corrected chi connectivity index (χ1v) is 11.1. The van der Waals surface area contributed by atoms with Crippen molar-refractivity contribution >= 4 is 28.2 Å². The number of amides is 1. The van der Waals surface area contributed by atoms with Gasteiger partial charge >= 0.3 is 0 Å². The Morgan fingerprint density at radius 2 is 1.56 bits per heavy atom. The van der Waals surface area contributed by atoms with Crippen molar-refractivity contribution in [2.24, 2.45) is 0 Å². The molecular formula is C25H19FN4OS. The number of halogens is 1. The predicted molar refractivity (Wildman–Crippen MR) is 124 cm³/mol. The third kappa shape index (κ3) is 4.15. The van der Waals surface area contributed by atoms with Gasteiger partial charge in [-0.15, -0.1) is 16.4 Å². The Labute approximate surface area is 188 Å². The number of anilines is 1. The van der Waals surface area contributed by atoms with Gasteiger partial charge in [-0.3, -0.25) is 10.1 Å². The Kier molecular flexibility index (Phi) is 5.47. The Morgan fingerprint density at radius 1 is 0.938 bits per heavy atom. The summed E-state index contributed by atoms with van der Waals surface area (Å²) < 4.78 is 14.9. The lowest BCUT2D eigenvalue weighted by Gasteiger charge is -2.17. The number of hydrogen-bond acceptors (Lipinski definition) is 4. The molecule has 5 aromatic rings. The van der Waals surface area contributed by atoms with Crippen LogP contribution in [-0.4, -0.2) is 20.5 Å². The number of nitrogens with zero attached hydrogens (tertiary/aromatic N) is 3. The Hall–Kier alpha value is -3.84. The van der Waals surface area contributed by atoms with E-state index in [2.05, 4.69) is 15.4 Å². The molecule has 0 bridgehead atoms. The van der Waals surface area contributed by atoms with Crippen LogP contribution in [0.15, 0.2) is 90.3 Å². The van der Waals surface area contributed by atoms with Crippen LogP contribution in [0.5, 0.6) is 0 Å². The summed E-state index contributed by atoms with van der Waals surface area (Å²) in [7, 11) is 0. The zero-order chi connectivity index (χ0) is 21.9. The second-order valence-corrected chi connectivity index (χ2v) is 8.22. The van der Waals surface area contributed by atoms with E-state index in [1.165, 1.54) is 23.5 Å². The number of fused-ring (bicyclic) bond motifs is 1. The van der Waals surface area contributed by atoms with Crippen LogP contribution in [-0.2, 0) is 4.79 Å².